The van der Waals surface area contributed by atoms with E-state index in [-0.39, 0.29) is 0 Å². The van der Waals surface area contributed by atoms with Crippen molar-refractivity contribution in [2.45, 2.75) is 33.1 Å². The normalized spacial score (nSPS) is 18.4. The Labute approximate surface area is 114 Å². The summed E-state index contributed by atoms with van der Waals surface area (Å²) in [5.74, 6) is 0. The largest absolute Gasteiger partial charge is 0.370 e. The van der Waals surface area contributed by atoms with Crippen molar-refractivity contribution in [3.8, 4) is 6.07 Å². The van der Waals surface area contributed by atoms with E-state index in [1.54, 1.807) is 6.07 Å². The van der Waals surface area contributed by atoms with Gasteiger partial charge in [0.25, 0.3) is 0 Å². The summed E-state index contributed by atoms with van der Waals surface area (Å²) in [6.45, 7) is 6.68. The molecule has 1 aromatic carbocycles. The Bertz CT molecular complexity index is 468. The van der Waals surface area contributed by atoms with Crippen LogP contribution in [0, 0.1) is 16.7 Å². The first-order valence-electron chi connectivity index (χ1n) is 6.52. The van der Waals surface area contributed by atoms with Crippen molar-refractivity contribution < 1.29 is 0 Å². The van der Waals surface area contributed by atoms with E-state index in [0.29, 0.717) is 16.0 Å². The highest BCUT2D eigenvalue weighted by Crippen LogP contribution is 2.36. The van der Waals surface area contributed by atoms with Crippen molar-refractivity contribution in [2.75, 3.05) is 18.0 Å². The summed E-state index contributed by atoms with van der Waals surface area (Å²) in [4.78, 5) is 2.31. The second-order valence-corrected chi connectivity index (χ2v) is 5.86. The van der Waals surface area contributed by atoms with Gasteiger partial charge in [-0.2, -0.15) is 5.26 Å². The van der Waals surface area contributed by atoms with Gasteiger partial charge in [-0.1, -0.05) is 31.9 Å². The molecule has 1 aliphatic heterocycles. The van der Waals surface area contributed by atoms with E-state index in [9.17, 15) is 5.26 Å². The molecule has 0 bridgehead atoms. The lowest BCUT2D eigenvalue weighted by atomic mass is 9.78. The SMILES string of the molecule is CCC1(C)CCN(c2ccc(Cl)cc2C#N)CC1. The second kappa shape index (κ2) is 5.20. The highest BCUT2D eigenvalue weighted by atomic mass is 35.5. The molecule has 1 fully saturated rings. The molecule has 2 rings (SSSR count). The Hall–Kier alpha value is -1.20. The molecule has 0 saturated carbocycles. The molecule has 1 aromatic rings. The van der Waals surface area contributed by atoms with Gasteiger partial charge >= 0.3 is 0 Å². The lowest BCUT2D eigenvalue weighted by Gasteiger charge is -2.40. The summed E-state index contributed by atoms with van der Waals surface area (Å²) in [5.41, 5.74) is 2.18. The Morgan fingerprint density at radius 3 is 2.61 bits per heavy atom. The van der Waals surface area contributed by atoms with Gasteiger partial charge in [-0.3, -0.25) is 0 Å². The first kappa shape index (κ1) is 13.2. The molecule has 0 N–H and O–H groups in total. The van der Waals surface area contributed by atoms with Gasteiger partial charge in [0.15, 0.2) is 0 Å². The number of piperidine rings is 1. The van der Waals surface area contributed by atoms with Crippen molar-refractivity contribution in [2.24, 2.45) is 5.41 Å². The Kier molecular flexibility index (Phi) is 3.82. The third-order valence-corrected chi connectivity index (χ3v) is 4.48. The zero-order valence-electron chi connectivity index (χ0n) is 11.0. The fraction of sp³-hybridized carbons (Fsp3) is 0.533. The smallest absolute Gasteiger partial charge is 0.101 e. The molecular weight excluding hydrogens is 244 g/mol. The molecule has 0 amide bonds. The van der Waals surface area contributed by atoms with Crippen LogP contribution >= 0.6 is 11.6 Å². The molecule has 0 aromatic heterocycles. The molecule has 1 saturated heterocycles. The van der Waals surface area contributed by atoms with E-state index in [4.69, 9.17) is 11.6 Å². The van der Waals surface area contributed by atoms with Crippen molar-refractivity contribution in [1.82, 2.24) is 0 Å². The molecule has 2 nitrogen and oxygen atoms in total. The number of rotatable bonds is 2. The van der Waals surface area contributed by atoms with Gasteiger partial charge in [0.2, 0.25) is 0 Å². The quantitative estimate of drug-likeness (QED) is 0.798. The summed E-state index contributed by atoms with van der Waals surface area (Å²) < 4.78 is 0. The van der Waals surface area contributed by atoms with Crippen molar-refractivity contribution in [3.63, 3.8) is 0 Å². The van der Waals surface area contributed by atoms with E-state index in [1.165, 1.54) is 19.3 Å². The summed E-state index contributed by atoms with van der Waals surface area (Å²) >= 11 is 5.93. The molecule has 0 unspecified atom stereocenters. The van der Waals surface area contributed by atoms with E-state index in [2.05, 4.69) is 24.8 Å². The van der Waals surface area contributed by atoms with Gasteiger partial charge < -0.3 is 4.90 Å². The zero-order valence-corrected chi connectivity index (χ0v) is 11.8. The third-order valence-electron chi connectivity index (χ3n) is 4.24. The maximum atomic E-state index is 9.19. The molecule has 3 heteroatoms. The highest BCUT2D eigenvalue weighted by Gasteiger charge is 2.29. The fourth-order valence-corrected chi connectivity index (χ4v) is 2.69. The van der Waals surface area contributed by atoms with Crippen molar-refractivity contribution >= 4 is 17.3 Å². The van der Waals surface area contributed by atoms with Crippen LogP contribution < -0.4 is 4.90 Å². The number of benzene rings is 1. The highest BCUT2D eigenvalue weighted by molar-refractivity contribution is 6.30. The van der Waals surface area contributed by atoms with Crippen molar-refractivity contribution in [3.05, 3.63) is 28.8 Å². The van der Waals surface area contributed by atoms with Gasteiger partial charge in [0.05, 0.1) is 11.3 Å². The average Bonchev–Trinajstić information content (AvgIpc) is 2.40. The molecule has 1 aliphatic rings. The van der Waals surface area contributed by atoms with E-state index < -0.39 is 0 Å². The predicted molar refractivity (Wildman–Crippen MR) is 76.0 cm³/mol. The molecule has 96 valence electrons. The minimum Gasteiger partial charge on any atom is -0.370 e. The topological polar surface area (TPSA) is 27.0 Å². The van der Waals surface area contributed by atoms with Gasteiger partial charge in [-0.15, -0.1) is 0 Å². The fourth-order valence-electron chi connectivity index (χ4n) is 2.51. The molecule has 0 aliphatic carbocycles. The Morgan fingerprint density at radius 2 is 2.06 bits per heavy atom. The number of halogens is 1. The van der Waals surface area contributed by atoms with Gasteiger partial charge in [-0.05, 0) is 36.5 Å². The lowest BCUT2D eigenvalue weighted by Crippen LogP contribution is -2.38. The second-order valence-electron chi connectivity index (χ2n) is 5.42. The minimum atomic E-state index is 0.468. The number of nitrogens with zero attached hydrogens (tertiary/aromatic N) is 2. The van der Waals surface area contributed by atoms with Crippen LogP contribution in [0.25, 0.3) is 0 Å². The van der Waals surface area contributed by atoms with Gasteiger partial charge in [0.1, 0.15) is 6.07 Å². The first-order valence-corrected chi connectivity index (χ1v) is 6.90. The summed E-state index contributed by atoms with van der Waals surface area (Å²) in [6.07, 6.45) is 3.61. The molecular formula is C15H19ClN2. The minimum absolute atomic E-state index is 0.468. The number of nitriles is 1. The van der Waals surface area contributed by atoms with E-state index in [0.717, 1.165) is 18.8 Å². The van der Waals surface area contributed by atoms with Crippen molar-refractivity contribution in [1.29, 1.82) is 5.26 Å². The van der Waals surface area contributed by atoms with Gasteiger partial charge in [0, 0.05) is 18.1 Å². The molecule has 1 heterocycles. The standard InChI is InChI=1S/C15H19ClN2/c1-3-15(2)6-8-18(9-7-15)14-5-4-13(16)10-12(14)11-17/h4-5,10H,3,6-9H2,1-2H3. The van der Waals surface area contributed by atoms with Crippen LogP contribution in [0.15, 0.2) is 18.2 Å². The lowest BCUT2D eigenvalue weighted by molar-refractivity contribution is 0.238. The summed E-state index contributed by atoms with van der Waals surface area (Å²) in [7, 11) is 0. The van der Waals surface area contributed by atoms with Crippen LogP contribution in [-0.4, -0.2) is 13.1 Å². The number of anilines is 1. The summed E-state index contributed by atoms with van der Waals surface area (Å²) in [5, 5.41) is 9.82. The van der Waals surface area contributed by atoms with Gasteiger partial charge in [-0.25, -0.2) is 0 Å². The Morgan fingerprint density at radius 1 is 1.39 bits per heavy atom. The van der Waals surface area contributed by atoms with Crippen LogP contribution in [0.3, 0.4) is 0 Å². The Balaban J connectivity index is 2.18. The van der Waals surface area contributed by atoms with Crippen LogP contribution in [0.2, 0.25) is 5.02 Å². The van der Waals surface area contributed by atoms with E-state index in [1.807, 2.05) is 12.1 Å². The maximum Gasteiger partial charge on any atom is 0.101 e. The monoisotopic (exact) mass is 262 g/mol. The van der Waals surface area contributed by atoms with E-state index >= 15 is 0 Å². The zero-order chi connectivity index (χ0) is 13.2. The third kappa shape index (κ3) is 2.62. The van der Waals surface area contributed by atoms with Crippen LogP contribution in [0.5, 0.6) is 0 Å². The molecule has 0 atom stereocenters. The number of hydrogen-bond donors (Lipinski definition) is 0. The summed E-state index contributed by atoms with van der Waals surface area (Å²) in [6, 6.07) is 7.83. The molecule has 0 radical (unpaired) electrons. The average molecular weight is 263 g/mol. The molecule has 0 spiro atoms. The maximum absolute atomic E-state index is 9.19. The van der Waals surface area contributed by atoms with Crippen LogP contribution in [-0.2, 0) is 0 Å². The molecule has 18 heavy (non-hydrogen) atoms. The number of hydrogen-bond acceptors (Lipinski definition) is 2. The first-order chi connectivity index (χ1) is 8.58. The van der Waals surface area contributed by atoms with Crippen LogP contribution in [0.4, 0.5) is 5.69 Å². The predicted octanol–water partition coefficient (Wildman–Crippen LogP) is 4.23. The van der Waals surface area contributed by atoms with Crippen LogP contribution in [0.1, 0.15) is 38.7 Å².